The van der Waals surface area contributed by atoms with Gasteiger partial charge in [-0.2, -0.15) is 0 Å². The van der Waals surface area contributed by atoms with Gasteiger partial charge in [-0.15, -0.1) is 0 Å². The van der Waals surface area contributed by atoms with Crippen LogP contribution in [0.25, 0.3) is 0 Å². The summed E-state index contributed by atoms with van der Waals surface area (Å²) in [6.07, 6.45) is 3.53. The number of ether oxygens (including phenoxy) is 1. The van der Waals surface area contributed by atoms with Crippen LogP contribution >= 0.6 is 11.6 Å². The van der Waals surface area contributed by atoms with Crippen molar-refractivity contribution in [2.45, 2.75) is 31.4 Å². The molecule has 3 heteroatoms. The maximum atomic E-state index is 6.28. The van der Waals surface area contributed by atoms with Crippen molar-refractivity contribution in [1.29, 1.82) is 0 Å². The Morgan fingerprint density at radius 2 is 2.05 bits per heavy atom. The quantitative estimate of drug-likeness (QED) is 0.764. The van der Waals surface area contributed by atoms with Crippen molar-refractivity contribution in [3.05, 3.63) is 58.6 Å². The zero-order valence-electron chi connectivity index (χ0n) is 11.1. The lowest BCUT2D eigenvalue weighted by Gasteiger charge is -2.35. The lowest BCUT2D eigenvalue weighted by Crippen LogP contribution is -2.34. The molecule has 0 radical (unpaired) electrons. The second-order valence-electron chi connectivity index (χ2n) is 5.52. The normalized spacial score (nSPS) is 23.4. The first-order chi connectivity index (χ1) is 9.81. The third-order valence-electron chi connectivity index (χ3n) is 4.23. The summed E-state index contributed by atoms with van der Waals surface area (Å²) in [7, 11) is 0. The van der Waals surface area contributed by atoms with E-state index in [2.05, 4.69) is 29.6 Å². The number of aryl methyl sites for hydroxylation is 1. The summed E-state index contributed by atoms with van der Waals surface area (Å²) in [5.74, 6) is 0.857. The maximum absolute atomic E-state index is 6.28. The fraction of sp³-hybridized carbons (Fsp3) is 0.294. The number of hydrogen-bond acceptors (Lipinski definition) is 2. The van der Waals surface area contributed by atoms with Gasteiger partial charge in [0.1, 0.15) is 11.9 Å². The van der Waals surface area contributed by atoms with Gasteiger partial charge in [-0.25, -0.2) is 0 Å². The van der Waals surface area contributed by atoms with Crippen LogP contribution in [0.1, 0.15) is 30.1 Å². The lowest BCUT2D eigenvalue weighted by atomic mass is 9.97. The summed E-state index contributed by atoms with van der Waals surface area (Å²) < 4.78 is 6.28. The van der Waals surface area contributed by atoms with E-state index in [4.69, 9.17) is 16.3 Å². The van der Waals surface area contributed by atoms with Gasteiger partial charge in [0.25, 0.3) is 0 Å². The highest BCUT2D eigenvalue weighted by molar-refractivity contribution is 6.30. The number of benzene rings is 2. The van der Waals surface area contributed by atoms with E-state index in [1.807, 2.05) is 18.2 Å². The molecule has 2 aromatic carbocycles. The van der Waals surface area contributed by atoms with Gasteiger partial charge in [-0.05, 0) is 42.5 Å². The Labute approximate surface area is 123 Å². The molecule has 2 atom stereocenters. The van der Waals surface area contributed by atoms with E-state index < -0.39 is 0 Å². The molecule has 0 bridgehead atoms. The molecule has 2 unspecified atom stereocenters. The standard InChI is InChI=1S/C17H16ClNO/c18-12-8-9-14-16(10-12)20-17-13-6-2-1-4-11(13)5-3-7-15(17)19-14/h1-2,4,6,8-10,15,17,19H,3,5,7H2. The minimum Gasteiger partial charge on any atom is -0.481 e. The maximum Gasteiger partial charge on any atom is 0.144 e. The second-order valence-corrected chi connectivity index (χ2v) is 5.96. The highest BCUT2D eigenvalue weighted by Crippen LogP contribution is 2.42. The molecular weight excluding hydrogens is 270 g/mol. The van der Waals surface area contributed by atoms with E-state index in [0.717, 1.165) is 24.3 Å². The van der Waals surface area contributed by atoms with Crippen LogP contribution in [0.4, 0.5) is 5.69 Å². The SMILES string of the molecule is Clc1ccc2c(c1)OC1c3ccccc3CCCC1N2. The van der Waals surface area contributed by atoms with E-state index >= 15 is 0 Å². The minimum atomic E-state index is 0.0830. The van der Waals surface area contributed by atoms with E-state index in [0.29, 0.717) is 11.1 Å². The van der Waals surface area contributed by atoms with E-state index in [9.17, 15) is 0 Å². The number of hydrogen-bond donors (Lipinski definition) is 1. The molecule has 0 saturated carbocycles. The highest BCUT2D eigenvalue weighted by atomic mass is 35.5. The van der Waals surface area contributed by atoms with Gasteiger partial charge in [0.05, 0.1) is 11.7 Å². The van der Waals surface area contributed by atoms with Gasteiger partial charge in [0.2, 0.25) is 0 Å². The van der Waals surface area contributed by atoms with Crippen molar-refractivity contribution in [3.63, 3.8) is 0 Å². The molecule has 0 saturated heterocycles. The van der Waals surface area contributed by atoms with Crippen molar-refractivity contribution in [3.8, 4) is 5.75 Å². The van der Waals surface area contributed by atoms with Gasteiger partial charge in [0, 0.05) is 11.1 Å². The molecule has 102 valence electrons. The lowest BCUT2D eigenvalue weighted by molar-refractivity contribution is 0.168. The number of nitrogens with one attached hydrogen (secondary N) is 1. The Kier molecular flexibility index (Phi) is 2.85. The summed E-state index contributed by atoms with van der Waals surface area (Å²) in [4.78, 5) is 0. The molecule has 0 spiro atoms. The summed E-state index contributed by atoms with van der Waals surface area (Å²) in [5, 5.41) is 4.34. The van der Waals surface area contributed by atoms with Crippen LogP contribution in [0.15, 0.2) is 42.5 Å². The summed E-state index contributed by atoms with van der Waals surface area (Å²) >= 11 is 6.08. The van der Waals surface area contributed by atoms with Crippen LogP contribution in [0.5, 0.6) is 5.75 Å². The Bertz CT molecular complexity index is 655. The van der Waals surface area contributed by atoms with Crippen LogP contribution in [-0.2, 0) is 6.42 Å². The summed E-state index contributed by atoms with van der Waals surface area (Å²) in [6, 6.07) is 14.8. The first kappa shape index (κ1) is 12.1. The topological polar surface area (TPSA) is 21.3 Å². The van der Waals surface area contributed by atoms with Crippen LogP contribution < -0.4 is 10.1 Å². The molecule has 0 aromatic heterocycles. The third-order valence-corrected chi connectivity index (χ3v) is 4.46. The largest absolute Gasteiger partial charge is 0.481 e. The fourth-order valence-corrected chi connectivity index (χ4v) is 3.42. The van der Waals surface area contributed by atoms with Gasteiger partial charge < -0.3 is 10.1 Å². The molecule has 1 aliphatic carbocycles. The molecule has 0 fully saturated rings. The van der Waals surface area contributed by atoms with E-state index in [1.54, 1.807) is 0 Å². The molecule has 20 heavy (non-hydrogen) atoms. The minimum absolute atomic E-state index is 0.0830. The zero-order valence-corrected chi connectivity index (χ0v) is 11.9. The van der Waals surface area contributed by atoms with Crippen molar-refractivity contribution >= 4 is 17.3 Å². The Hall–Kier alpha value is -1.67. The van der Waals surface area contributed by atoms with Gasteiger partial charge in [0.15, 0.2) is 0 Å². The average Bonchev–Trinajstić information content (AvgIpc) is 2.64. The van der Waals surface area contributed by atoms with Gasteiger partial charge in [-0.1, -0.05) is 35.9 Å². The molecule has 2 aromatic rings. The van der Waals surface area contributed by atoms with Crippen LogP contribution in [0, 0.1) is 0 Å². The Balaban J connectivity index is 1.79. The van der Waals surface area contributed by atoms with Crippen molar-refractivity contribution in [2.75, 3.05) is 5.32 Å². The van der Waals surface area contributed by atoms with E-state index in [1.165, 1.54) is 17.5 Å². The first-order valence-corrected chi connectivity index (χ1v) is 7.49. The Morgan fingerprint density at radius 1 is 1.15 bits per heavy atom. The molecule has 1 aliphatic heterocycles. The average molecular weight is 286 g/mol. The van der Waals surface area contributed by atoms with Gasteiger partial charge >= 0.3 is 0 Å². The number of fused-ring (bicyclic) bond motifs is 4. The number of rotatable bonds is 0. The predicted octanol–water partition coefficient (Wildman–Crippen LogP) is 4.59. The van der Waals surface area contributed by atoms with Crippen molar-refractivity contribution in [1.82, 2.24) is 0 Å². The van der Waals surface area contributed by atoms with Crippen LogP contribution in [-0.4, -0.2) is 6.04 Å². The third kappa shape index (κ3) is 1.95. The van der Waals surface area contributed by atoms with Crippen LogP contribution in [0.3, 0.4) is 0 Å². The predicted molar refractivity (Wildman–Crippen MR) is 81.6 cm³/mol. The molecule has 0 amide bonds. The smallest absolute Gasteiger partial charge is 0.144 e. The number of halogens is 1. The molecule has 2 nitrogen and oxygen atoms in total. The van der Waals surface area contributed by atoms with Crippen LogP contribution in [0.2, 0.25) is 5.02 Å². The Morgan fingerprint density at radius 3 is 3.00 bits per heavy atom. The molecule has 4 rings (SSSR count). The molecule has 1 N–H and O–H groups in total. The fourth-order valence-electron chi connectivity index (χ4n) is 3.26. The first-order valence-electron chi connectivity index (χ1n) is 7.12. The van der Waals surface area contributed by atoms with Crippen molar-refractivity contribution in [2.24, 2.45) is 0 Å². The second kappa shape index (κ2) is 4.71. The molecule has 2 aliphatic rings. The molecular formula is C17H16ClNO. The highest BCUT2D eigenvalue weighted by Gasteiger charge is 2.33. The zero-order chi connectivity index (χ0) is 13.5. The van der Waals surface area contributed by atoms with Crippen molar-refractivity contribution < 1.29 is 4.74 Å². The summed E-state index contributed by atoms with van der Waals surface area (Å²) in [6.45, 7) is 0. The molecule has 1 heterocycles. The number of anilines is 1. The van der Waals surface area contributed by atoms with E-state index in [-0.39, 0.29) is 6.10 Å². The monoisotopic (exact) mass is 285 g/mol. The van der Waals surface area contributed by atoms with Gasteiger partial charge in [-0.3, -0.25) is 0 Å². The summed E-state index contributed by atoms with van der Waals surface area (Å²) in [5.41, 5.74) is 3.77.